The van der Waals surface area contributed by atoms with E-state index in [1.54, 1.807) is 12.1 Å². The molecule has 3 aliphatic rings. The lowest BCUT2D eigenvalue weighted by Gasteiger charge is -2.37. The molecule has 8 nitrogen and oxygen atoms in total. The van der Waals surface area contributed by atoms with Crippen LogP contribution in [0.25, 0.3) is 0 Å². The van der Waals surface area contributed by atoms with E-state index in [0.29, 0.717) is 42.1 Å². The van der Waals surface area contributed by atoms with E-state index >= 15 is 0 Å². The molecule has 3 saturated heterocycles. The fraction of sp³-hybridized carbons (Fsp3) is 0.500. The topological polar surface area (TPSA) is 108 Å². The van der Waals surface area contributed by atoms with Crippen molar-refractivity contribution >= 4 is 35.0 Å². The van der Waals surface area contributed by atoms with Crippen LogP contribution in [0.3, 0.4) is 0 Å². The molecule has 2 unspecified atom stereocenters. The van der Waals surface area contributed by atoms with E-state index in [1.165, 1.54) is 4.90 Å². The number of nitrogens with zero attached hydrogens (tertiary/aromatic N) is 1. The molecule has 0 aliphatic carbocycles. The Balaban J connectivity index is 1.63. The highest BCUT2D eigenvalue weighted by molar-refractivity contribution is 6.34. The maximum atomic E-state index is 14.4. The van der Waals surface area contributed by atoms with Gasteiger partial charge in [-0.2, -0.15) is 0 Å². The lowest BCUT2D eigenvalue weighted by molar-refractivity contribution is -0.149. The average molecular weight is 554 g/mol. The number of fused-ring (bicyclic) bond motifs is 1. The Kier molecular flexibility index (Phi) is 7.48. The Morgan fingerprint density at radius 1 is 1.13 bits per heavy atom. The van der Waals surface area contributed by atoms with Gasteiger partial charge in [-0.1, -0.05) is 67.9 Å². The number of hydrogen-bond acceptors (Lipinski definition) is 5. The first kappa shape index (κ1) is 27.6. The van der Waals surface area contributed by atoms with Crippen LogP contribution in [0.15, 0.2) is 48.5 Å². The standard InChI is InChI=1S/C30H36ClN3O5/c1-4-16-32-26(36)22-23-28(38)34(21(17-35)19-11-7-6-8-12-19)25(30(23)15-14-29(22,5-2)39-30)27(37)33-24-18(3)10-9-13-20(24)31/h6-13,21-23,25,35H,4-5,14-17H2,1-3H3,(H,32,36)(H,33,37)/t21-,22-,23+,25?,29+,30?/m1/s1. The number of aryl methyl sites for hydroxylation is 1. The second-order valence-electron chi connectivity index (χ2n) is 10.9. The normalized spacial score (nSPS) is 29.8. The molecule has 3 N–H and O–H groups in total. The molecule has 5 rings (SSSR count). The van der Waals surface area contributed by atoms with E-state index in [1.807, 2.05) is 57.2 Å². The van der Waals surface area contributed by atoms with Crippen molar-refractivity contribution in [3.8, 4) is 0 Å². The zero-order valence-corrected chi connectivity index (χ0v) is 23.3. The van der Waals surface area contributed by atoms with Crippen molar-refractivity contribution in [2.24, 2.45) is 11.8 Å². The number of likely N-dealkylation sites (tertiary alicyclic amines) is 1. The second-order valence-corrected chi connectivity index (χ2v) is 11.3. The first-order valence-corrected chi connectivity index (χ1v) is 14.1. The van der Waals surface area contributed by atoms with Crippen molar-refractivity contribution in [3.63, 3.8) is 0 Å². The SMILES string of the molecule is CCCNC(=O)[C@H]1[C@H]2C(=O)N([C@H](CO)c3ccccc3)C(C(=O)Nc3c(C)cccc3Cl)C23CC[C@]1(CC)O3. The van der Waals surface area contributed by atoms with Gasteiger partial charge in [0.05, 0.1) is 40.8 Å². The Morgan fingerprint density at radius 3 is 2.51 bits per heavy atom. The summed E-state index contributed by atoms with van der Waals surface area (Å²) < 4.78 is 6.80. The van der Waals surface area contributed by atoms with Gasteiger partial charge in [0.2, 0.25) is 17.7 Å². The van der Waals surface area contributed by atoms with Crippen molar-refractivity contribution in [2.75, 3.05) is 18.5 Å². The summed E-state index contributed by atoms with van der Waals surface area (Å²) in [4.78, 5) is 43.8. The van der Waals surface area contributed by atoms with Crippen molar-refractivity contribution in [2.45, 2.75) is 69.7 Å². The number of aliphatic hydroxyl groups is 1. The third-order valence-electron chi connectivity index (χ3n) is 8.86. The number of amides is 3. The van der Waals surface area contributed by atoms with Gasteiger partial charge in [0.1, 0.15) is 11.6 Å². The molecule has 1 spiro atoms. The average Bonchev–Trinajstić information content (AvgIpc) is 3.54. The third kappa shape index (κ3) is 4.24. The van der Waals surface area contributed by atoms with Gasteiger partial charge in [-0.3, -0.25) is 14.4 Å². The summed E-state index contributed by atoms with van der Waals surface area (Å²) >= 11 is 6.46. The molecule has 2 bridgehead atoms. The Bertz CT molecular complexity index is 1250. The molecule has 3 amide bonds. The minimum Gasteiger partial charge on any atom is -0.394 e. The van der Waals surface area contributed by atoms with Crippen molar-refractivity contribution < 1.29 is 24.2 Å². The fourth-order valence-corrected chi connectivity index (χ4v) is 7.33. The molecule has 6 atom stereocenters. The number of halogens is 1. The monoisotopic (exact) mass is 553 g/mol. The minimum absolute atomic E-state index is 0.221. The van der Waals surface area contributed by atoms with Crippen LogP contribution in [0.4, 0.5) is 5.69 Å². The van der Waals surface area contributed by atoms with Crippen LogP contribution in [0, 0.1) is 18.8 Å². The highest BCUT2D eigenvalue weighted by Crippen LogP contribution is 2.65. The molecule has 0 saturated carbocycles. The number of carbonyl (C=O) groups is 3. The highest BCUT2D eigenvalue weighted by Gasteiger charge is 2.79. The number of anilines is 1. The lowest BCUT2D eigenvalue weighted by Crippen LogP contribution is -2.54. The first-order valence-electron chi connectivity index (χ1n) is 13.8. The highest BCUT2D eigenvalue weighted by atomic mass is 35.5. The molecule has 9 heteroatoms. The van der Waals surface area contributed by atoms with Crippen LogP contribution >= 0.6 is 11.6 Å². The number of nitrogens with one attached hydrogen (secondary N) is 2. The molecular weight excluding hydrogens is 518 g/mol. The minimum atomic E-state index is -1.21. The van der Waals surface area contributed by atoms with Crippen LogP contribution in [0.5, 0.6) is 0 Å². The summed E-state index contributed by atoms with van der Waals surface area (Å²) in [5.74, 6) is -2.59. The van der Waals surface area contributed by atoms with Crippen molar-refractivity contribution in [1.82, 2.24) is 10.2 Å². The zero-order chi connectivity index (χ0) is 27.9. The van der Waals surface area contributed by atoms with Gasteiger partial charge in [0, 0.05) is 6.54 Å². The number of rotatable bonds is 9. The number of para-hydroxylation sites is 1. The second kappa shape index (κ2) is 10.6. The Labute approximate surface area is 234 Å². The number of carbonyl (C=O) groups excluding carboxylic acids is 3. The van der Waals surface area contributed by atoms with Crippen LogP contribution < -0.4 is 10.6 Å². The molecule has 208 valence electrons. The largest absolute Gasteiger partial charge is 0.394 e. The third-order valence-corrected chi connectivity index (χ3v) is 9.18. The quantitative estimate of drug-likeness (QED) is 0.435. The summed E-state index contributed by atoms with van der Waals surface area (Å²) in [7, 11) is 0. The Morgan fingerprint density at radius 2 is 1.87 bits per heavy atom. The molecule has 3 aliphatic heterocycles. The van der Waals surface area contributed by atoms with E-state index in [0.717, 1.165) is 12.0 Å². The van der Waals surface area contributed by atoms with Crippen LogP contribution in [0.1, 0.15) is 56.7 Å². The lowest BCUT2D eigenvalue weighted by atomic mass is 9.65. The summed E-state index contributed by atoms with van der Waals surface area (Å²) in [5, 5.41) is 16.9. The van der Waals surface area contributed by atoms with Crippen molar-refractivity contribution in [3.05, 3.63) is 64.7 Å². The van der Waals surface area contributed by atoms with E-state index in [-0.39, 0.29) is 18.4 Å². The summed E-state index contributed by atoms with van der Waals surface area (Å²) in [6.07, 6.45) is 2.33. The summed E-state index contributed by atoms with van der Waals surface area (Å²) in [5.41, 5.74) is -0.0938. The smallest absolute Gasteiger partial charge is 0.250 e. The van der Waals surface area contributed by atoms with Gasteiger partial charge in [-0.05, 0) is 49.8 Å². The molecule has 3 fully saturated rings. The van der Waals surface area contributed by atoms with Crippen LogP contribution in [-0.2, 0) is 19.1 Å². The van der Waals surface area contributed by atoms with Gasteiger partial charge < -0.3 is 25.4 Å². The van der Waals surface area contributed by atoms with E-state index in [4.69, 9.17) is 16.3 Å². The Hall–Kier alpha value is -2.94. The molecule has 0 aromatic heterocycles. The summed E-state index contributed by atoms with van der Waals surface area (Å²) in [6, 6.07) is 12.6. The van der Waals surface area contributed by atoms with Crippen molar-refractivity contribution in [1.29, 1.82) is 0 Å². The molecule has 2 aromatic carbocycles. The maximum Gasteiger partial charge on any atom is 0.250 e. The molecular formula is C30H36ClN3O5. The van der Waals surface area contributed by atoms with E-state index in [9.17, 15) is 19.5 Å². The maximum absolute atomic E-state index is 14.4. The number of ether oxygens (including phenoxy) is 1. The molecule has 0 radical (unpaired) electrons. The van der Waals surface area contributed by atoms with Crippen LogP contribution in [0.2, 0.25) is 5.02 Å². The predicted octanol–water partition coefficient (Wildman–Crippen LogP) is 4.00. The first-order chi connectivity index (χ1) is 18.7. The molecule has 3 heterocycles. The fourth-order valence-electron chi connectivity index (χ4n) is 7.06. The number of aliphatic hydroxyl groups excluding tert-OH is 1. The van der Waals surface area contributed by atoms with Gasteiger partial charge >= 0.3 is 0 Å². The van der Waals surface area contributed by atoms with E-state index in [2.05, 4.69) is 10.6 Å². The molecule has 2 aromatic rings. The number of hydrogen-bond donors (Lipinski definition) is 3. The predicted molar refractivity (Wildman–Crippen MR) is 148 cm³/mol. The molecule has 39 heavy (non-hydrogen) atoms. The van der Waals surface area contributed by atoms with Crippen LogP contribution in [-0.4, -0.2) is 58.1 Å². The summed E-state index contributed by atoms with van der Waals surface area (Å²) in [6.45, 7) is 5.88. The van der Waals surface area contributed by atoms with Gasteiger partial charge in [0.15, 0.2) is 0 Å². The van der Waals surface area contributed by atoms with Gasteiger partial charge in [-0.15, -0.1) is 0 Å². The van der Waals surface area contributed by atoms with Gasteiger partial charge in [0.25, 0.3) is 0 Å². The zero-order valence-electron chi connectivity index (χ0n) is 22.6. The van der Waals surface area contributed by atoms with Gasteiger partial charge in [-0.25, -0.2) is 0 Å². The number of benzene rings is 2. The van der Waals surface area contributed by atoms with E-state index < -0.39 is 41.0 Å².